The topological polar surface area (TPSA) is 72.7 Å². The zero-order chi connectivity index (χ0) is 19.8. The van der Waals surface area contributed by atoms with Crippen LogP contribution in [0.25, 0.3) is 0 Å². The van der Waals surface area contributed by atoms with E-state index in [0.717, 1.165) is 47.8 Å². The Morgan fingerprint density at radius 1 is 1.19 bits per heavy atom. The molecule has 1 aromatic heterocycles. The molecule has 0 saturated carbocycles. The van der Waals surface area contributed by atoms with Crippen molar-refractivity contribution in [3.63, 3.8) is 0 Å². The van der Waals surface area contributed by atoms with Crippen LogP contribution in [0.4, 0.5) is 0 Å². The number of methoxy groups -OCH3 is 1. The predicted molar refractivity (Wildman–Crippen MR) is 106 cm³/mol. The number of carboxylic acids is 1. The van der Waals surface area contributed by atoms with Crippen molar-refractivity contribution in [2.24, 2.45) is 0 Å². The van der Waals surface area contributed by atoms with Crippen LogP contribution in [-0.2, 0) is 17.8 Å². The van der Waals surface area contributed by atoms with E-state index in [-0.39, 0.29) is 0 Å². The molecule has 27 heavy (non-hydrogen) atoms. The molecule has 148 valence electrons. The zero-order valence-corrected chi connectivity index (χ0v) is 16.7. The Bertz CT molecular complexity index is 751. The summed E-state index contributed by atoms with van der Waals surface area (Å²) in [4.78, 5) is 11.8. The Labute approximate surface area is 161 Å². The molecular weight excluding hydrogens is 344 g/mol. The summed E-state index contributed by atoms with van der Waals surface area (Å²) in [5.74, 6) is -0.0712. The minimum absolute atomic E-state index is 0.401. The van der Waals surface area contributed by atoms with Crippen LogP contribution in [0.1, 0.15) is 46.2 Å². The van der Waals surface area contributed by atoms with Gasteiger partial charge in [-0.2, -0.15) is 0 Å². The molecule has 0 aliphatic carbocycles. The molecule has 0 fully saturated rings. The molecule has 0 radical (unpaired) electrons. The van der Waals surface area contributed by atoms with Crippen molar-refractivity contribution in [3.8, 4) is 5.75 Å². The third-order valence-corrected chi connectivity index (χ3v) is 4.77. The lowest BCUT2D eigenvalue weighted by molar-refractivity contribution is 0.0694. The molecule has 0 aliphatic heterocycles. The molecular formula is C21H30N2O4. The van der Waals surface area contributed by atoms with Crippen molar-refractivity contribution in [3.05, 3.63) is 52.3 Å². The van der Waals surface area contributed by atoms with Crippen molar-refractivity contribution >= 4 is 5.97 Å². The number of benzene rings is 1. The number of hydrogen-bond donors (Lipinski definition) is 2. The van der Waals surface area contributed by atoms with Crippen molar-refractivity contribution in [2.45, 2.75) is 40.3 Å². The second-order valence-corrected chi connectivity index (χ2v) is 6.49. The fraction of sp³-hybridized carbons (Fsp3) is 0.476. The lowest BCUT2D eigenvalue weighted by Crippen LogP contribution is -2.18. The Morgan fingerprint density at radius 3 is 2.48 bits per heavy atom. The third-order valence-electron chi connectivity index (χ3n) is 4.77. The molecule has 0 atom stereocenters. The Kier molecular flexibility index (Phi) is 7.88. The summed E-state index contributed by atoms with van der Waals surface area (Å²) < 4.78 is 12.6. The van der Waals surface area contributed by atoms with Gasteiger partial charge in [0.05, 0.1) is 12.7 Å². The number of nitrogens with one attached hydrogen (secondary N) is 1. The van der Waals surface area contributed by atoms with E-state index in [1.165, 1.54) is 0 Å². The van der Waals surface area contributed by atoms with E-state index in [1.807, 2.05) is 45.0 Å². The highest BCUT2D eigenvalue weighted by Crippen LogP contribution is 2.24. The highest BCUT2D eigenvalue weighted by Gasteiger charge is 2.22. The predicted octanol–water partition coefficient (Wildman–Crippen LogP) is 3.38. The minimum atomic E-state index is -0.879. The maximum atomic E-state index is 11.8. The number of carbonyl (C=O) groups is 1. The van der Waals surface area contributed by atoms with Gasteiger partial charge < -0.3 is 24.5 Å². The summed E-state index contributed by atoms with van der Waals surface area (Å²) in [6.45, 7) is 9.23. The van der Waals surface area contributed by atoms with Crippen molar-refractivity contribution in [1.82, 2.24) is 9.88 Å². The van der Waals surface area contributed by atoms with Gasteiger partial charge in [-0.05, 0) is 51.4 Å². The summed E-state index contributed by atoms with van der Waals surface area (Å²) in [5, 5.41) is 13.1. The molecule has 0 unspecified atom stereocenters. The standard InChI is InChI=1S/C21H30N2O4/c1-5-27-12-6-11-22-13-19-15(2)23(16(3)20(19)21(24)25)14-17-7-9-18(26-4)10-8-17/h7-10,22H,5-6,11-14H2,1-4H3,(H,24,25). The maximum absolute atomic E-state index is 11.8. The quantitative estimate of drug-likeness (QED) is 0.590. The Balaban J connectivity index is 2.16. The lowest BCUT2D eigenvalue weighted by Gasteiger charge is -2.11. The number of rotatable bonds is 11. The highest BCUT2D eigenvalue weighted by molar-refractivity contribution is 5.91. The summed E-state index contributed by atoms with van der Waals surface area (Å²) in [5.41, 5.74) is 4.12. The molecule has 0 amide bonds. The SMILES string of the molecule is CCOCCCNCc1c(C(=O)O)c(C)n(Cc2ccc(OC)cc2)c1C. The summed E-state index contributed by atoms with van der Waals surface area (Å²) in [7, 11) is 1.64. The first-order chi connectivity index (χ1) is 13.0. The van der Waals surface area contributed by atoms with Gasteiger partial charge in [0.25, 0.3) is 0 Å². The van der Waals surface area contributed by atoms with Crippen LogP contribution < -0.4 is 10.1 Å². The molecule has 2 N–H and O–H groups in total. The molecule has 6 nitrogen and oxygen atoms in total. The molecule has 2 aromatic rings. The van der Waals surface area contributed by atoms with Crippen LogP contribution in [0.2, 0.25) is 0 Å². The van der Waals surface area contributed by atoms with E-state index in [0.29, 0.717) is 25.3 Å². The number of aromatic carboxylic acids is 1. The van der Waals surface area contributed by atoms with E-state index < -0.39 is 5.97 Å². The number of aromatic nitrogens is 1. The van der Waals surface area contributed by atoms with Crippen LogP contribution in [0.5, 0.6) is 5.75 Å². The second-order valence-electron chi connectivity index (χ2n) is 6.49. The number of nitrogens with zero attached hydrogens (tertiary/aromatic N) is 1. The van der Waals surface area contributed by atoms with Crippen LogP contribution in [0, 0.1) is 13.8 Å². The molecule has 2 rings (SSSR count). The van der Waals surface area contributed by atoms with Crippen molar-refractivity contribution < 1.29 is 19.4 Å². The minimum Gasteiger partial charge on any atom is -0.497 e. The Morgan fingerprint density at radius 2 is 1.89 bits per heavy atom. The van der Waals surface area contributed by atoms with Crippen molar-refractivity contribution in [1.29, 1.82) is 0 Å². The van der Waals surface area contributed by atoms with E-state index in [2.05, 4.69) is 9.88 Å². The molecule has 6 heteroatoms. The van der Waals surface area contributed by atoms with Crippen molar-refractivity contribution in [2.75, 3.05) is 26.9 Å². The van der Waals surface area contributed by atoms with Gasteiger partial charge in [0, 0.05) is 43.3 Å². The first-order valence-electron chi connectivity index (χ1n) is 9.32. The van der Waals surface area contributed by atoms with E-state index in [1.54, 1.807) is 7.11 Å². The van der Waals surface area contributed by atoms with Crippen LogP contribution in [-0.4, -0.2) is 42.5 Å². The number of ether oxygens (including phenoxy) is 2. The van der Waals surface area contributed by atoms with E-state index >= 15 is 0 Å². The van der Waals surface area contributed by atoms with E-state index in [4.69, 9.17) is 9.47 Å². The fourth-order valence-electron chi connectivity index (χ4n) is 3.26. The molecule has 0 saturated heterocycles. The smallest absolute Gasteiger partial charge is 0.337 e. The van der Waals surface area contributed by atoms with Gasteiger partial charge in [0.1, 0.15) is 5.75 Å². The van der Waals surface area contributed by atoms with Gasteiger partial charge in [0.2, 0.25) is 0 Å². The lowest BCUT2D eigenvalue weighted by atomic mass is 10.1. The third kappa shape index (κ3) is 5.34. The van der Waals surface area contributed by atoms with Gasteiger partial charge in [-0.15, -0.1) is 0 Å². The average Bonchev–Trinajstić information content (AvgIpc) is 2.89. The van der Waals surface area contributed by atoms with Gasteiger partial charge >= 0.3 is 5.97 Å². The van der Waals surface area contributed by atoms with Crippen LogP contribution in [0.3, 0.4) is 0 Å². The number of carboxylic acid groups (broad SMARTS) is 1. The largest absolute Gasteiger partial charge is 0.497 e. The molecule has 0 bridgehead atoms. The maximum Gasteiger partial charge on any atom is 0.337 e. The monoisotopic (exact) mass is 374 g/mol. The zero-order valence-electron chi connectivity index (χ0n) is 16.7. The first kappa shape index (κ1) is 21.0. The summed E-state index contributed by atoms with van der Waals surface area (Å²) in [6.07, 6.45) is 0.904. The summed E-state index contributed by atoms with van der Waals surface area (Å²) in [6, 6.07) is 7.85. The molecule has 1 aromatic carbocycles. The van der Waals surface area contributed by atoms with Gasteiger partial charge in [-0.25, -0.2) is 4.79 Å². The molecule has 0 spiro atoms. The van der Waals surface area contributed by atoms with Gasteiger partial charge in [-0.3, -0.25) is 0 Å². The van der Waals surface area contributed by atoms with E-state index in [9.17, 15) is 9.90 Å². The van der Waals surface area contributed by atoms with Crippen LogP contribution in [0.15, 0.2) is 24.3 Å². The van der Waals surface area contributed by atoms with Gasteiger partial charge in [-0.1, -0.05) is 12.1 Å². The Hall–Kier alpha value is -2.31. The normalized spacial score (nSPS) is 11.0. The van der Waals surface area contributed by atoms with Crippen LogP contribution >= 0.6 is 0 Å². The highest BCUT2D eigenvalue weighted by atomic mass is 16.5. The number of hydrogen-bond acceptors (Lipinski definition) is 4. The first-order valence-corrected chi connectivity index (χ1v) is 9.32. The molecule has 1 heterocycles. The fourth-order valence-corrected chi connectivity index (χ4v) is 3.26. The summed E-state index contributed by atoms with van der Waals surface area (Å²) >= 11 is 0. The second kappa shape index (κ2) is 10.1. The molecule has 0 aliphatic rings. The average molecular weight is 374 g/mol. The van der Waals surface area contributed by atoms with Gasteiger partial charge in [0.15, 0.2) is 0 Å².